The maximum Gasteiger partial charge on any atom is 0.251 e. The van der Waals surface area contributed by atoms with Crippen LogP contribution in [0.15, 0.2) is 78.9 Å². The van der Waals surface area contributed by atoms with E-state index in [2.05, 4.69) is 5.32 Å². The summed E-state index contributed by atoms with van der Waals surface area (Å²) in [5.74, 6) is 0.320. The summed E-state index contributed by atoms with van der Waals surface area (Å²) < 4.78 is 1.88. The molecule has 2 amide bonds. The molecule has 0 saturated heterocycles. The van der Waals surface area contributed by atoms with E-state index in [9.17, 15) is 9.59 Å². The molecule has 1 atom stereocenters. The third-order valence-electron chi connectivity index (χ3n) is 5.49. The summed E-state index contributed by atoms with van der Waals surface area (Å²) in [5.41, 5.74) is 3.15. The fourth-order valence-corrected chi connectivity index (χ4v) is 3.96. The number of carbonyl (C=O) groups excluding carboxylic acids is 2. The van der Waals surface area contributed by atoms with Crippen LogP contribution in [0.4, 0.5) is 0 Å². The van der Waals surface area contributed by atoms with Gasteiger partial charge in [0.1, 0.15) is 12.4 Å². The molecule has 0 aliphatic heterocycles. The van der Waals surface area contributed by atoms with Gasteiger partial charge in [-0.1, -0.05) is 60.1 Å². The number of likely N-dealkylation sites (N-methyl/N-ethyl adjacent to an activating group) is 1. The molecule has 1 heterocycles. The largest absolute Gasteiger partial charge is 0.342 e. The van der Waals surface area contributed by atoms with Crippen LogP contribution in [0.3, 0.4) is 0 Å². The third kappa shape index (κ3) is 5.23. The van der Waals surface area contributed by atoms with E-state index in [1.54, 1.807) is 36.2 Å². The molecular weight excluding hydrogens is 436 g/mol. The van der Waals surface area contributed by atoms with Gasteiger partial charge in [0.05, 0.1) is 17.1 Å². The number of rotatable bonds is 7. The van der Waals surface area contributed by atoms with Crippen LogP contribution in [0.1, 0.15) is 34.7 Å². The zero-order chi connectivity index (χ0) is 23.4. The average molecular weight is 461 g/mol. The van der Waals surface area contributed by atoms with Crippen molar-refractivity contribution >= 4 is 34.4 Å². The van der Waals surface area contributed by atoms with E-state index in [1.807, 2.05) is 66.1 Å². The third-order valence-corrected chi connectivity index (χ3v) is 5.72. The number of hydrogen-bond acceptors (Lipinski definition) is 3. The molecule has 0 aliphatic carbocycles. The Hall–Kier alpha value is -3.64. The Balaban J connectivity index is 1.57. The second kappa shape index (κ2) is 9.88. The fraction of sp³-hybridized carbons (Fsp3) is 0.192. The number of carbonyl (C=O) groups is 2. The molecule has 1 N–H and O–H groups in total. The number of nitrogens with one attached hydrogen (secondary N) is 1. The van der Waals surface area contributed by atoms with Crippen molar-refractivity contribution in [1.82, 2.24) is 19.8 Å². The number of nitrogens with zero attached hydrogens (tertiary/aromatic N) is 3. The number of amides is 2. The molecule has 168 valence electrons. The van der Waals surface area contributed by atoms with E-state index in [4.69, 9.17) is 16.6 Å². The van der Waals surface area contributed by atoms with Crippen LogP contribution in [-0.4, -0.2) is 33.3 Å². The molecule has 0 spiro atoms. The molecule has 3 aromatic carbocycles. The predicted octanol–water partition coefficient (Wildman–Crippen LogP) is 4.84. The van der Waals surface area contributed by atoms with E-state index in [1.165, 1.54) is 0 Å². The molecule has 0 aliphatic rings. The number of fused-ring (bicyclic) bond motifs is 1. The molecule has 33 heavy (non-hydrogen) atoms. The van der Waals surface area contributed by atoms with Gasteiger partial charge in [-0.05, 0) is 42.8 Å². The number of aromatic nitrogens is 2. The number of para-hydroxylation sites is 2. The summed E-state index contributed by atoms with van der Waals surface area (Å²) in [6.45, 7) is 2.50. The van der Waals surface area contributed by atoms with Crippen LogP contribution >= 0.6 is 11.6 Å². The van der Waals surface area contributed by atoms with Gasteiger partial charge in [-0.15, -0.1) is 0 Å². The first-order valence-electron chi connectivity index (χ1n) is 10.7. The minimum absolute atomic E-state index is 0.0448. The lowest BCUT2D eigenvalue weighted by atomic mass is 10.2. The fourth-order valence-electron chi connectivity index (χ4n) is 3.77. The Labute approximate surface area is 197 Å². The van der Waals surface area contributed by atoms with Gasteiger partial charge in [-0.2, -0.15) is 0 Å². The second-order valence-electron chi connectivity index (χ2n) is 7.99. The van der Waals surface area contributed by atoms with Gasteiger partial charge in [0, 0.05) is 24.2 Å². The number of imidazole rings is 1. The Kier molecular flexibility index (Phi) is 6.75. The van der Waals surface area contributed by atoms with Gasteiger partial charge in [0.15, 0.2) is 0 Å². The van der Waals surface area contributed by atoms with Crippen molar-refractivity contribution in [2.24, 2.45) is 0 Å². The maximum atomic E-state index is 13.1. The highest BCUT2D eigenvalue weighted by atomic mass is 35.5. The Morgan fingerprint density at radius 1 is 1.03 bits per heavy atom. The van der Waals surface area contributed by atoms with E-state index >= 15 is 0 Å². The lowest BCUT2D eigenvalue weighted by Gasteiger charge is -2.20. The number of halogens is 1. The van der Waals surface area contributed by atoms with Crippen molar-refractivity contribution in [3.05, 3.63) is 101 Å². The summed E-state index contributed by atoms with van der Waals surface area (Å²) >= 11 is 6.03. The van der Waals surface area contributed by atoms with Gasteiger partial charge >= 0.3 is 0 Å². The minimum Gasteiger partial charge on any atom is -0.342 e. The van der Waals surface area contributed by atoms with Gasteiger partial charge in [-0.25, -0.2) is 4.98 Å². The zero-order valence-electron chi connectivity index (χ0n) is 18.5. The van der Waals surface area contributed by atoms with Crippen molar-refractivity contribution in [2.45, 2.75) is 26.1 Å². The van der Waals surface area contributed by atoms with Crippen LogP contribution in [0, 0.1) is 0 Å². The van der Waals surface area contributed by atoms with E-state index in [-0.39, 0.29) is 18.4 Å². The smallest absolute Gasteiger partial charge is 0.251 e. The Bertz CT molecular complexity index is 1290. The highest BCUT2D eigenvalue weighted by Gasteiger charge is 2.22. The van der Waals surface area contributed by atoms with Gasteiger partial charge in [0.25, 0.3) is 5.91 Å². The molecule has 6 nitrogen and oxygen atoms in total. The quantitative estimate of drug-likeness (QED) is 0.429. The number of benzene rings is 3. The predicted molar refractivity (Wildman–Crippen MR) is 130 cm³/mol. The van der Waals surface area contributed by atoms with Crippen molar-refractivity contribution in [2.75, 3.05) is 7.05 Å². The average Bonchev–Trinajstić information content (AvgIpc) is 3.18. The van der Waals surface area contributed by atoms with E-state index in [0.29, 0.717) is 23.0 Å². The first-order chi connectivity index (χ1) is 15.9. The topological polar surface area (TPSA) is 67.2 Å². The summed E-state index contributed by atoms with van der Waals surface area (Å²) in [5, 5.41) is 3.47. The molecule has 0 radical (unpaired) electrons. The van der Waals surface area contributed by atoms with Gasteiger partial charge in [-0.3, -0.25) is 9.59 Å². The molecule has 1 aromatic heterocycles. The molecule has 0 saturated carbocycles. The normalized spacial score (nSPS) is 11.8. The molecule has 0 bridgehead atoms. The SMILES string of the molecule is CC(NC(=O)c1cccc(Cl)c1)c1nc2ccccc2n1CC(=O)N(C)Cc1ccccc1. The van der Waals surface area contributed by atoms with Crippen LogP contribution in [-0.2, 0) is 17.9 Å². The van der Waals surface area contributed by atoms with Gasteiger partial charge in [0.2, 0.25) is 5.91 Å². The van der Waals surface area contributed by atoms with Crippen LogP contribution in [0.25, 0.3) is 11.0 Å². The maximum absolute atomic E-state index is 13.1. The van der Waals surface area contributed by atoms with E-state index in [0.717, 1.165) is 16.6 Å². The summed E-state index contributed by atoms with van der Waals surface area (Å²) in [6, 6.07) is 23.9. The van der Waals surface area contributed by atoms with Crippen molar-refractivity contribution < 1.29 is 9.59 Å². The van der Waals surface area contributed by atoms with Crippen molar-refractivity contribution in [3.63, 3.8) is 0 Å². The summed E-state index contributed by atoms with van der Waals surface area (Å²) in [6.07, 6.45) is 0. The standard InChI is InChI=1S/C26H25ClN4O2/c1-18(28-26(33)20-11-8-12-21(27)15-20)25-29-22-13-6-7-14-23(22)31(25)17-24(32)30(2)16-19-9-4-3-5-10-19/h3-15,18H,16-17H2,1-2H3,(H,28,33). The van der Waals surface area contributed by atoms with Crippen LogP contribution in [0.2, 0.25) is 5.02 Å². The minimum atomic E-state index is -0.420. The Morgan fingerprint density at radius 3 is 2.52 bits per heavy atom. The molecule has 1 unspecified atom stereocenters. The van der Waals surface area contributed by atoms with Crippen LogP contribution in [0.5, 0.6) is 0 Å². The first-order valence-corrected chi connectivity index (χ1v) is 11.1. The van der Waals surface area contributed by atoms with Crippen molar-refractivity contribution in [3.8, 4) is 0 Å². The molecule has 4 aromatic rings. The number of hydrogen-bond donors (Lipinski definition) is 1. The second-order valence-corrected chi connectivity index (χ2v) is 8.42. The summed E-state index contributed by atoms with van der Waals surface area (Å²) in [4.78, 5) is 32.3. The molecule has 7 heteroatoms. The van der Waals surface area contributed by atoms with E-state index < -0.39 is 6.04 Å². The highest BCUT2D eigenvalue weighted by molar-refractivity contribution is 6.30. The highest BCUT2D eigenvalue weighted by Crippen LogP contribution is 2.22. The van der Waals surface area contributed by atoms with Crippen LogP contribution < -0.4 is 5.32 Å². The van der Waals surface area contributed by atoms with Crippen molar-refractivity contribution in [1.29, 1.82) is 0 Å². The molecule has 0 fully saturated rings. The lowest BCUT2D eigenvalue weighted by Crippen LogP contribution is -2.32. The summed E-state index contributed by atoms with van der Waals surface area (Å²) in [7, 11) is 1.79. The lowest BCUT2D eigenvalue weighted by molar-refractivity contribution is -0.131. The van der Waals surface area contributed by atoms with Gasteiger partial charge < -0.3 is 14.8 Å². The monoisotopic (exact) mass is 460 g/mol. The zero-order valence-corrected chi connectivity index (χ0v) is 19.3. The molecule has 4 rings (SSSR count). The molecular formula is C26H25ClN4O2. The first kappa shape index (κ1) is 22.6. The Morgan fingerprint density at radius 2 is 1.76 bits per heavy atom.